The van der Waals surface area contributed by atoms with E-state index in [0.29, 0.717) is 6.61 Å². The molecule has 0 heterocycles. The Balaban J connectivity index is 3.28. The molecule has 0 amide bonds. The first-order valence-corrected chi connectivity index (χ1v) is 6.87. The van der Waals surface area contributed by atoms with Crippen LogP contribution in [0.15, 0.2) is 12.2 Å². The van der Waals surface area contributed by atoms with E-state index in [9.17, 15) is 0 Å². The molecule has 0 bridgehead atoms. The van der Waals surface area contributed by atoms with Gasteiger partial charge in [0.15, 0.2) is 8.32 Å². The van der Waals surface area contributed by atoms with Crippen LogP contribution in [-0.4, -0.2) is 26.6 Å². The Kier molecular flexibility index (Phi) is 4.60. The summed E-state index contributed by atoms with van der Waals surface area (Å²) < 4.78 is 5.47. The van der Waals surface area contributed by atoms with Gasteiger partial charge in [0, 0.05) is 0 Å². The lowest BCUT2D eigenvalue weighted by Gasteiger charge is -2.14. The van der Waals surface area contributed by atoms with Gasteiger partial charge in [0.1, 0.15) is 0 Å². The third kappa shape index (κ3) is 7.88. The molecule has 3 heteroatoms. The summed E-state index contributed by atoms with van der Waals surface area (Å²) in [5.41, 5.74) is 0. The van der Waals surface area contributed by atoms with Gasteiger partial charge < -0.3 is 9.53 Å². The normalized spacial score (nSPS) is 12.8. The van der Waals surface area contributed by atoms with Crippen LogP contribution in [0, 0.1) is 0 Å². The fourth-order valence-corrected chi connectivity index (χ4v) is 1.04. The molecule has 0 spiro atoms. The molecule has 0 aliphatic carbocycles. The molecule has 0 saturated heterocycles. The summed E-state index contributed by atoms with van der Waals surface area (Å²) in [5.74, 6) is 0. The van der Waals surface area contributed by atoms with E-state index in [4.69, 9.17) is 9.53 Å². The predicted octanol–water partition coefficient (Wildman–Crippen LogP) is 1.39. The van der Waals surface area contributed by atoms with Gasteiger partial charge in [-0.15, -0.1) is 0 Å². The van der Waals surface area contributed by atoms with Gasteiger partial charge in [-0.2, -0.15) is 0 Å². The number of rotatable bonds is 4. The second-order valence-electron chi connectivity index (χ2n) is 3.08. The van der Waals surface area contributed by atoms with Crippen molar-refractivity contribution in [3.8, 4) is 0 Å². The standard InChI is InChI=1S/C7H16O2Si/c1-10(2,3)9-7-5-4-6-8/h4-5,8H,6-7H2,1-3H3/b5-4-. The number of aliphatic hydroxyl groups excluding tert-OH is 1. The minimum Gasteiger partial charge on any atom is -0.414 e. The molecule has 0 aromatic carbocycles. The molecule has 60 valence electrons. The minimum absolute atomic E-state index is 0.106. The van der Waals surface area contributed by atoms with Crippen molar-refractivity contribution in [3.05, 3.63) is 12.2 Å². The molecule has 0 aliphatic rings. The Morgan fingerprint density at radius 1 is 1.30 bits per heavy atom. The molecule has 0 aromatic rings. The first kappa shape index (κ1) is 9.88. The second-order valence-corrected chi connectivity index (χ2v) is 7.59. The van der Waals surface area contributed by atoms with Crippen molar-refractivity contribution in [1.82, 2.24) is 0 Å². The maximum absolute atomic E-state index is 8.36. The molecule has 0 unspecified atom stereocenters. The average Bonchev–Trinajstić information content (AvgIpc) is 1.78. The third-order valence-corrected chi connectivity index (χ3v) is 1.92. The Hall–Kier alpha value is -0.123. The number of aliphatic hydroxyl groups is 1. The fourth-order valence-electron chi connectivity index (χ4n) is 0.441. The van der Waals surface area contributed by atoms with Crippen LogP contribution in [0.5, 0.6) is 0 Å². The fraction of sp³-hybridized carbons (Fsp3) is 0.714. The van der Waals surface area contributed by atoms with E-state index >= 15 is 0 Å². The topological polar surface area (TPSA) is 29.5 Å². The van der Waals surface area contributed by atoms with Crippen molar-refractivity contribution in [2.75, 3.05) is 13.2 Å². The summed E-state index contributed by atoms with van der Waals surface area (Å²) in [6.45, 7) is 7.16. The van der Waals surface area contributed by atoms with Crippen molar-refractivity contribution in [2.45, 2.75) is 19.6 Å². The molecule has 1 N–H and O–H groups in total. The molecule has 10 heavy (non-hydrogen) atoms. The Bertz CT molecular complexity index is 105. The lowest BCUT2D eigenvalue weighted by atomic mass is 10.5. The lowest BCUT2D eigenvalue weighted by Crippen LogP contribution is -2.25. The second kappa shape index (κ2) is 4.66. The van der Waals surface area contributed by atoms with Gasteiger partial charge in [-0.3, -0.25) is 0 Å². The minimum atomic E-state index is -1.34. The summed E-state index contributed by atoms with van der Waals surface area (Å²) in [5, 5.41) is 8.36. The highest BCUT2D eigenvalue weighted by atomic mass is 28.4. The monoisotopic (exact) mass is 160 g/mol. The van der Waals surface area contributed by atoms with Crippen molar-refractivity contribution in [2.24, 2.45) is 0 Å². The van der Waals surface area contributed by atoms with Crippen LogP contribution in [0.4, 0.5) is 0 Å². The van der Waals surface area contributed by atoms with Crippen molar-refractivity contribution in [3.63, 3.8) is 0 Å². The quantitative estimate of drug-likeness (QED) is 0.497. The van der Waals surface area contributed by atoms with Crippen molar-refractivity contribution < 1.29 is 9.53 Å². The van der Waals surface area contributed by atoms with Gasteiger partial charge >= 0.3 is 0 Å². The molecular weight excluding hydrogens is 144 g/mol. The van der Waals surface area contributed by atoms with Crippen LogP contribution in [-0.2, 0) is 4.43 Å². The molecule has 0 atom stereocenters. The van der Waals surface area contributed by atoms with Gasteiger partial charge in [-0.05, 0) is 19.6 Å². The van der Waals surface area contributed by atoms with E-state index in [1.807, 2.05) is 6.08 Å². The zero-order valence-corrected chi connectivity index (χ0v) is 7.92. The van der Waals surface area contributed by atoms with E-state index in [1.54, 1.807) is 6.08 Å². The number of hydrogen-bond donors (Lipinski definition) is 1. The van der Waals surface area contributed by atoms with Crippen LogP contribution >= 0.6 is 0 Å². The average molecular weight is 160 g/mol. The van der Waals surface area contributed by atoms with Gasteiger partial charge in [0.05, 0.1) is 13.2 Å². The SMILES string of the molecule is C[Si](C)(C)OC/C=C\CO. The smallest absolute Gasteiger partial charge is 0.184 e. The summed E-state index contributed by atoms with van der Waals surface area (Å²) in [7, 11) is -1.34. The molecule has 0 fully saturated rings. The number of hydrogen-bond acceptors (Lipinski definition) is 2. The highest BCUT2D eigenvalue weighted by molar-refractivity contribution is 6.69. The Morgan fingerprint density at radius 3 is 2.30 bits per heavy atom. The zero-order chi connectivity index (χ0) is 8.04. The Morgan fingerprint density at radius 2 is 1.90 bits per heavy atom. The summed E-state index contributed by atoms with van der Waals surface area (Å²) in [6.07, 6.45) is 3.54. The van der Waals surface area contributed by atoms with E-state index in [-0.39, 0.29) is 6.61 Å². The summed E-state index contributed by atoms with van der Waals surface area (Å²) >= 11 is 0. The Labute approximate surface area is 63.7 Å². The van der Waals surface area contributed by atoms with Gasteiger partial charge in [0.25, 0.3) is 0 Å². The highest BCUT2D eigenvalue weighted by Gasteiger charge is 2.11. The molecular formula is C7H16O2Si. The molecule has 0 aromatic heterocycles. The largest absolute Gasteiger partial charge is 0.414 e. The summed E-state index contributed by atoms with van der Waals surface area (Å²) in [4.78, 5) is 0. The molecule has 0 aliphatic heterocycles. The third-order valence-electron chi connectivity index (χ3n) is 0.885. The van der Waals surface area contributed by atoms with Crippen LogP contribution in [0.1, 0.15) is 0 Å². The van der Waals surface area contributed by atoms with E-state index in [1.165, 1.54) is 0 Å². The zero-order valence-electron chi connectivity index (χ0n) is 6.92. The van der Waals surface area contributed by atoms with Gasteiger partial charge in [-0.1, -0.05) is 12.2 Å². The molecule has 2 nitrogen and oxygen atoms in total. The maximum Gasteiger partial charge on any atom is 0.184 e. The molecule has 0 radical (unpaired) electrons. The molecule has 0 rings (SSSR count). The molecule has 0 saturated carbocycles. The van der Waals surface area contributed by atoms with Gasteiger partial charge in [-0.25, -0.2) is 0 Å². The predicted molar refractivity (Wildman–Crippen MR) is 45.5 cm³/mol. The summed E-state index contributed by atoms with van der Waals surface area (Å²) in [6, 6.07) is 0. The first-order valence-electron chi connectivity index (χ1n) is 3.46. The van der Waals surface area contributed by atoms with Crippen molar-refractivity contribution >= 4 is 8.32 Å². The van der Waals surface area contributed by atoms with Crippen molar-refractivity contribution in [1.29, 1.82) is 0 Å². The maximum atomic E-state index is 8.36. The van der Waals surface area contributed by atoms with E-state index < -0.39 is 8.32 Å². The van der Waals surface area contributed by atoms with Gasteiger partial charge in [0.2, 0.25) is 0 Å². The van der Waals surface area contributed by atoms with Crippen LogP contribution in [0.2, 0.25) is 19.6 Å². The van der Waals surface area contributed by atoms with Crippen LogP contribution in [0.25, 0.3) is 0 Å². The highest BCUT2D eigenvalue weighted by Crippen LogP contribution is 2.01. The van der Waals surface area contributed by atoms with E-state index in [2.05, 4.69) is 19.6 Å². The van der Waals surface area contributed by atoms with Crippen LogP contribution in [0.3, 0.4) is 0 Å². The first-order chi connectivity index (χ1) is 4.56. The van der Waals surface area contributed by atoms with Crippen LogP contribution < -0.4 is 0 Å². The van der Waals surface area contributed by atoms with E-state index in [0.717, 1.165) is 0 Å². The lowest BCUT2D eigenvalue weighted by molar-refractivity contribution is 0.335.